The molecule has 0 saturated carbocycles. The number of carbonyl (C=O) groups is 1. The molecule has 1 aliphatic heterocycles. The summed E-state index contributed by atoms with van der Waals surface area (Å²) in [5.74, 6) is 0.148. The molecule has 1 rings (SSSR count). The Labute approximate surface area is 80.0 Å². The van der Waals surface area contributed by atoms with Crippen LogP contribution in [-0.2, 0) is 9.53 Å². The first kappa shape index (κ1) is 10.5. The molecule has 1 aliphatic rings. The fraction of sp³-hybridized carbons (Fsp3) is 0.727. The van der Waals surface area contributed by atoms with Gasteiger partial charge >= 0.3 is 0 Å². The Kier molecular flexibility index (Phi) is 3.26. The SMILES string of the molecule is CCC1(C)C/C(=C/C(C)=O)CCO1. The van der Waals surface area contributed by atoms with Gasteiger partial charge in [-0.2, -0.15) is 0 Å². The van der Waals surface area contributed by atoms with Gasteiger partial charge in [-0.05, 0) is 39.2 Å². The number of hydrogen-bond donors (Lipinski definition) is 0. The van der Waals surface area contributed by atoms with Crippen LogP contribution in [0.25, 0.3) is 0 Å². The smallest absolute Gasteiger partial charge is 0.152 e. The second-order valence-corrected chi connectivity index (χ2v) is 3.99. The Morgan fingerprint density at radius 1 is 1.69 bits per heavy atom. The monoisotopic (exact) mass is 182 g/mol. The van der Waals surface area contributed by atoms with Crippen LogP contribution in [0.1, 0.15) is 40.0 Å². The van der Waals surface area contributed by atoms with Gasteiger partial charge in [0.25, 0.3) is 0 Å². The molecule has 0 aliphatic carbocycles. The van der Waals surface area contributed by atoms with Gasteiger partial charge in [-0.3, -0.25) is 4.79 Å². The fourth-order valence-electron chi connectivity index (χ4n) is 1.69. The first-order valence-corrected chi connectivity index (χ1v) is 4.90. The lowest BCUT2D eigenvalue weighted by Gasteiger charge is -2.34. The van der Waals surface area contributed by atoms with Crippen LogP contribution in [0.5, 0.6) is 0 Å². The van der Waals surface area contributed by atoms with E-state index in [1.54, 1.807) is 13.0 Å². The Bertz CT molecular complexity index is 230. The van der Waals surface area contributed by atoms with Crippen molar-refractivity contribution in [3.05, 3.63) is 11.6 Å². The number of carbonyl (C=O) groups excluding carboxylic acids is 1. The highest BCUT2D eigenvalue weighted by molar-refractivity contribution is 5.87. The van der Waals surface area contributed by atoms with Gasteiger partial charge in [0.15, 0.2) is 5.78 Å². The van der Waals surface area contributed by atoms with Gasteiger partial charge in [0.2, 0.25) is 0 Å². The molecule has 2 nitrogen and oxygen atoms in total. The molecule has 0 aromatic rings. The van der Waals surface area contributed by atoms with Crippen molar-refractivity contribution < 1.29 is 9.53 Å². The molecule has 1 atom stereocenters. The van der Waals surface area contributed by atoms with Crippen molar-refractivity contribution in [2.75, 3.05) is 6.61 Å². The van der Waals surface area contributed by atoms with E-state index < -0.39 is 0 Å². The molecule has 0 N–H and O–H groups in total. The van der Waals surface area contributed by atoms with Crippen LogP contribution >= 0.6 is 0 Å². The van der Waals surface area contributed by atoms with Gasteiger partial charge in [-0.15, -0.1) is 0 Å². The molecular formula is C11H18O2. The summed E-state index contributed by atoms with van der Waals surface area (Å²) in [6, 6.07) is 0. The number of ketones is 1. The molecular weight excluding hydrogens is 164 g/mol. The summed E-state index contributed by atoms with van der Waals surface area (Å²) in [7, 11) is 0. The number of allylic oxidation sites excluding steroid dienone is 1. The molecule has 0 radical (unpaired) electrons. The van der Waals surface area contributed by atoms with E-state index >= 15 is 0 Å². The van der Waals surface area contributed by atoms with E-state index in [4.69, 9.17) is 4.74 Å². The number of ether oxygens (including phenoxy) is 1. The summed E-state index contributed by atoms with van der Waals surface area (Å²) in [5, 5.41) is 0. The minimum absolute atomic E-state index is 0.0421. The first-order chi connectivity index (χ1) is 6.06. The van der Waals surface area contributed by atoms with Crippen molar-refractivity contribution in [3.8, 4) is 0 Å². The molecule has 1 saturated heterocycles. The summed E-state index contributed by atoms with van der Waals surface area (Å²) in [6.45, 7) is 6.59. The maximum absolute atomic E-state index is 10.9. The number of hydrogen-bond acceptors (Lipinski definition) is 2. The lowest BCUT2D eigenvalue weighted by Crippen LogP contribution is -2.33. The van der Waals surface area contributed by atoms with Crippen LogP contribution in [0.15, 0.2) is 11.6 Å². The van der Waals surface area contributed by atoms with Crippen LogP contribution in [0.3, 0.4) is 0 Å². The Morgan fingerprint density at radius 2 is 2.38 bits per heavy atom. The van der Waals surface area contributed by atoms with Crippen LogP contribution in [0.4, 0.5) is 0 Å². The van der Waals surface area contributed by atoms with Crippen LogP contribution < -0.4 is 0 Å². The highest BCUT2D eigenvalue weighted by Crippen LogP contribution is 2.30. The van der Waals surface area contributed by atoms with Gasteiger partial charge in [0, 0.05) is 0 Å². The highest BCUT2D eigenvalue weighted by atomic mass is 16.5. The summed E-state index contributed by atoms with van der Waals surface area (Å²) >= 11 is 0. The van der Waals surface area contributed by atoms with Crippen molar-refractivity contribution in [2.45, 2.75) is 45.6 Å². The quantitative estimate of drug-likeness (QED) is 0.613. The zero-order chi connectivity index (χ0) is 9.90. The van der Waals surface area contributed by atoms with Crippen LogP contribution in [0.2, 0.25) is 0 Å². The van der Waals surface area contributed by atoms with E-state index in [2.05, 4.69) is 13.8 Å². The normalized spacial score (nSPS) is 32.1. The predicted octanol–water partition coefficient (Wildman–Crippen LogP) is 2.48. The molecule has 0 spiro atoms. The zero-order valence-electron chi connectivity index (χ0n) is 8.72. The summed E-state index contributed by atoms with van der Waals surface area (Å²) in [4.78, 5) is 10.9. The summed E-state index contributed by atoms with van der Waals surface area (Å²) in [5.41, 5.74) is 1.20. The Hall–Kier alpha value is -0.630. The summed E-state index contributed by atoms with van der Waals surface area (Å²) < 4.78 is 5.67. The Balaban J connectivity index is 2.66. The molecule has 2 heteroatoms. The molecule has 13 heavy (non-hydrogen) atoms. The van der Waals surface area contributed by atoms with Gasteiger partial charge in [-0.1, -0.05) is 12.5 Å². The molecule has 1 heterocycles. The predicted molar refractivity (Wildman–Crippen MR) is 52.6 cm³/mol. The standard InChI is InChI=1S/C11H18O2/c1-4-11(3)8-10(5-6-13-11)7-9(2)12/h7H,4-6,8H2,1-3H3/b10-7+. The topological polar surface area (TPSA) is 26.3 Å². The molecule has 0 amide bonds. The molecule has 0 bridgehead atoms. The van der Waals surface area contributed by atoms with E-state index in [1.807, 2.05) is 0 Å². The highest BCUT2D eigenvalue weighted by Gasteiger charge is 2.28. The minimum atomic E-state index is -0.0421. The average Bonchev–Trinajstić information content (AvgIpc) is 2.03. The molecule has 1 unspecified atom stereocenters. The third-order valence-electron chi connectivity index (χ3n) is 2.63. The zero-order valence-corrected chi connectivity index (χ0v) is 8.72. The molecule has 1 fully saturated rings. The maximum atomic E-state index is 10.9. The molecule has 0 aromatic heterocycles. The molecule has 0 aromatic carbocycles. The van der Waals surface area contributed by atoms with Crippen LogP contribution in [0, 0.1) is 0 Å². The van der Waals surface area contributed by atoms with Crippen molar-refractivity contribution in [1.82, 2.24) is 0 Å². The van der Waals surface area contributed by atoms with Crippen molar-refractivity contribution in [1.29, 1.82) is 0 Å². The van der Waals surface area contributed by atoms with Crippen LogP contribution in [-0.4, -0.2) is 18.0 Å². The van der Waals surface area contributed by atoms with Gasteiger partial charge in [0.05, 0.1) is 12.2 Å². The van der Waals surface area contributed by atoms with Crippen molar-refractivity contribution in [2.24, 2.45) is 0 Å². The second kappa shape index (κ2) is 4.05. The largest absolute Gasteiger partial charge is 0.375 e. The van der Waals surface area contributed by atoms with Gasteiger partial charge in [-0.25, -0.2) is 0 Å². The van der Waals surface area contributed by atoms with E-state index in [0.717, 1.165) is 25.9 Å². The van der Waals surface area contributed by atoms with E-state index in [-0.39, 0.29) is 11.4 Å². The van der Waals surface area contributed by atoms with Crippen molar-refractivity contribution >= 4 is 5.78 Å². The fourth-order valence-corrected chi connectivity index (χ4v) is 1.69. The lowest BCUT2D eigenvalue weighted by molar-refractivity contribution is -0.112. The average molecular weight is 182 g/mol. The van der Waals surface area contributed by atoms with Gasteiger partial charge in [0.1, 0.15) is 0 Å². The first-order valence-electron chi connectivity index (χ1n) is 4.90. The lowest BCUT2D eigenvalue weighted by atomic mass is 9.89. The van der Waals surface area contributed by atoms with Gasteiger partial charge < -0.3 is 4.74 Å². The Morgan fingerprint density at radius 3 is 2.92 bits per heavy atom. The third-order valence-corrected chi connectivity index (χ3v) is 2.63. The number of rotatable bonds is 2. The minimum Gasteiger partial charge on any atom is -0.375 e. The van der Waals surface area contributed by atoms with E-state index in [0.29, 0.717) is 0 Å². The van der Waals surface area contributed by atoms with E-state index in [1.165, 1.54) is 5.57 Å². The maximum Gasteiger partial charge on any atom is 0.152 e. The second-order valence-electron chi connectivity index (χ2n) is 3.99. The third kappa shape index (κ3) is 2.96. The summed E-state index contributed by atoms with van der Waals surface area (Å²) in [6.07, 6.45) is 4.58. The van der Waals surface area contributed by atoms with Crippen molar-refractivity contribution in [3.63, 3.8) is 0 Å². The molecule has 74 valence electrons. The van der Waals surface area contributed by atoms with E-state index in [9.17, 15) is 4.79 Å².